The Hall–Kier alpha value is -2.28. The third-order valence-corrected chi connectivity index (χ3v) is 4.95. The summed E-state index contributed by atoms with van der Waals surface area (Å²) in [6, 6.07) is 8.74. The van der Waals surface area contributed by atoms with Crippen LogP contribution in [0.1, 0.15) is 5.56 Å². The lowest BCUT2D eigenvalue weighted by Crippen LogP contribution is -2.70. The Morgan fingerprint density at radius 1 is 1.35 bits per heavy atom. The van der Waals surface area contributed by atoms with E-state index < -0.39 is 12.0 Å². The molecule has 2 atom stereocenters. The number of thioether (sulfide) groups is 1. The molecule has 0 spiro atoms. The number of fused-ring (bicyclic) bond motifs is 1. The van der Waals surface area contributed by atoms with Crippen LogP contribution in [-0.2, 0) is 25.5 Å². The van der Waals surface area contributed by atoms with Crippen LogP contribution in [0.5, 0.6) is 0 Å². The number of rotatable bonds is 4. The SMILES string of the molecule is COC(=O)C1=CCS[C@@H]2C(NC(=O)Cc3ccccc3)C(=O)N12. The van der Waals surface area contributed by atoms with Crippen LogP contribution in [0.2, 0.25) is 0 Å². The maximum absolute atomic E-state index is 12.3. The highest BCUT2D eigenvalue weighted by atomic mass is 32.2. The van der Waals surface area contributed by atoms with E-state index in [1.54, 1.807) is 6.08 Å². The summed E-state index contributed by atoms with van der Waals surface area (Å²) in [6.45, 7) is 0. The molecule has 0 saturated carbocycles. The van der Waals surface area contributed by atoms with E-state index in [9.17, 15) is 14.4 Å². The largest absolute Gasteiger partial charge is 0.464 e. The number of carbonyl (C=O) groups is 3. The first-order valence-electron chi connectivity index (χ1n) is 7.18. The fourth-order valence-electron chi connectivity index (χ4n) is 2.64. The summed E-state index contributed by atoms with van der Waals surface area (Å²) in [6.07, 6.45) is 1.90. The Morgan fingerprint density at radius 2 is 2.09 bits per heavy atom. The zero-order valence-electron chi connectivity index (χ0n) is 12.5. The van der Waals surface area contributed by atoms with Gasteiger partial charge in [0.25, 0.3) is 5.91 Å². The van der Waals surface area contributed by atoms with Crippen LogP contribution in [0.3, 0.4) is 0 Å². The third kappa shape index (κ3) is 2.96. The first-order chi connectivity index (χ1) is 11.1. The Bertz CT molecular complexity index is 674. The number of benzene rings is 1. The minimum Gasteiger partial charge on any atom is -0.464 e. The number of esters is 1. The maximum atomic E-state index is 12.3. The van der Waals surface area contributed by atoms with Gasteiger partial charge in [-0.3, -0.25) is 14.5 Å². The molecule has 2 aliphatic rings. The van der Waals surface area contributed by atoms with Crippen molar-refractivity contribution in [2.24, 2.45) is 0 Å². The predicted molar refractivity (Wildman–Crippen MR) is 85.3 cm³/mol. The molecule has 1 aromatic rings. The third-order valence-electron chi connectivity index (χ3n) is 3.76. The second kappa shape index (κ2) is 6.45. The first-order valence-corrected chi connectivity index (χ1v) is 8.23. The molecule has 2 heterocycles. The van der Waals surface area contributed by atoms with E-state index in [0.717, 1.165) is 5.56 Å². The number of ether oxygens (including phenoxy) is 1. The molecule has 1 unspecified atom stereocenters. The van der Waals surface area contributed by atoms with Crippen LogP contribution in [0.15, 0.2) is 42.1 Å². The molecule has 0 aliphatic carbocycles. The van der Waals surface area contributed by atoms with Crippen LogP contribution in [-0.4, -0.2) is 47.0 Å². The molecule has 0 radical (unpaired) electrons. The number of hydrogen-bond acceptors (Lipinski definition) is 5. The summed E-state index contributed by atoms with van der Waals surface area (Å²) in [5.41, 5.74) is 1.15. The normalized spacial score (nSPS) is 22.6. The number of nitrogens with one attached hydrogen (secondary N) is 1. The summed E-state index contributed by atoms with van der Waals surface area (Å²) in [7, 11) is 1.28. The molecular weight excluding hydrogens is 316 g/mol. The summed E-state index contributed by atoms with van der Waals surface area (Å²) < 4.78 is 4.69. The summed E-state index contributed by atoms with van der Waals surface area (Å²) in [5.74, 6) is -0.411. The van der Waals surface area contributed by atoms with Crippen LogP contribution in [0, 0.1) is 0 Å². The lowest BCUT2D eigenvalue weighted by molar-refractivity contribution is -0.151. The molecule has 120 valence electrons. The molecule has 1 saturated heterocycles. The lowest BCUT2D eigenvalue weighted by Gasteiger charge is -2.48. The van der Waals surface area contributed by atoms with Crippen molar-refractivity contribution in [1.29, 1.82) is 0 Å². The van der Waals surface area contributed by atoms with Gasteiger partial charge < -0.3 is 10.1 Å². The van der Waals surface area contributed by atoms with Crippen molar-refractivity contribution in [3.63, 3.8) is 0 Å². The Kier molecular flexibility index (Phi) is 4.38. The Balaban J connectivity index is 1.63. The maximum Gasteiger partial charge on any atom is 0.354 e. The van der Waals surface area contributed by atoms with Crippen molar-refractivity contribution in [3.05, 3.63) is 47.7 Å². The van der Waals surface area contributed by atoms with E-state index >= 15 is 0 Å². The number of carbonyl (C=O) groups excluding carboxylic acids is 3. The van der Waals surface area contributed by atoms with E-state index in [1.807, 2.05) is 30.3 Å². The monoisotopic (exact) mass is 332 g/mol. The van der Waals surface area contributed by atoms with Crippen molar-refractivity contribution < 1.29 is 19.1 Å². The standard InChI is InChI=1S/C16H16N2O4S/c1-22-16(21)11-7-8-23-15-13(14(20)18(11)15)17-12(19)9-10-5-3-2-4-6-10/h2-7,13,15H,8-9H2,1H3,(H,17,19)/t13?,15-/m1/s1. The van der Waals surface area contributed by atoms with Gasteiger partial charge in [0.05, 0.1) is 13.5 Å². The predicted octanol–water partition coefficient (Wildman–Crippen LogP) is 0.686. The molecule has 0 bridgehead atoms. The molecule has 7 heteroatoms. The van der Waals surface area contributed by atoms with E-state index in [0.29, 0.717) is 5.75 Å². The summed E-state index contributed by atoms with van der Waals surface area (Å²) in [5, 5.41) is 2.51. The summed E-state index contributed by atoms with van der Waals surface area (Å²) >= 11 is 1.51. The molecule has 3 rings (SSSR count). The minimum atomic E-state index is -0.593. The number of hydrogen-bond donors (Lipinski definition) is 1. The molecule has 0 aromatic heterocycles. The average Bonchev–Trinajstić information content (AvgIpc) is 2.59. The zero-order valence-corrected chi connectivity index (χ0v) is 13.3. The van der Waals surface area contributed by atoms with Gasteiger partial charge >= 0.3 is 5.97 Å². The second-order valence-corrected chi connectivity index (χ2v) is 6.37. The van der Waals surface area contributed by atoms with E-state index in [1.165, 1.54) is 23.8 Å². The van der Waals surface area contributed by atoms with Gasteiger partial charge in [-0.2, -0.15) is 0 Å². The summed E-state index contributed by atoms with van der Waals surface area (Å²) in [4.78, 5) is 37.5. The van der Waals surface area contributed by atoms with Gasteiger partial charge in [-0.1, -0.05) is 30.3 Å². The number of amides is 2. The molecule has 1 N–H and O–H groups in total. The number of methoxy groups -OCH3 is 1. The Labute approximate surface area is 137 Å². The smallest absolute Gasteiger partial charge is 0.354 e. The minimum absolute atomic E-state index is 0.205. The van der Waals surface area contributed by atoms with Crippen LogP contribution in [0.25, 0.3) is 0 Å². The van der Waals surface area contributed by atoms with Crippen molar-refractivity contribution >= 4 is 29.5 Å². The van der Waals surface area contributed by atoms with Gasteiger partial charge in [0.1, 0.15) is 17.1 Å². The highest BCUT2D eigenvalue weighted by Gasteiger charge is 2.52. The molecule has 1 fully saturated rings. The highest BCUT2D eigenvalue weighted by molar-refractivity contribution is 8.00. The van der Waals surface area contributed by atoms with Crippen LogP contribution >= 0.6 is 11.8 Å². The van der Waals surface area contributed by atoms with Gasteiger partial charge in [0, 0.05) is 5.75 Å². The fraction of sp³-hybridized carbons (Fsp3) is 0.312. The van der Waals surface area contributed by atoms with Gasteiger partial charge in [-0.15, -0.1) is 11.8 Å². The average molecular weight is 332 g/mol. The van der Waals surface area contributed by atoms with Gasteiger partial charge in [0.2, 0.25) is 5.91 Å². The lowest BCUT2D eigenvalue weighted by atomic mass is 10.0. The van der Waals surface area contributed by atoms with E-state index in [4.69, 9.17) is 0 Å². The van der Waals surface area contributed by atoms with Crippen molar-refractivity contribution in [2.45, 2.75) is 17.8 Å². The van der Waals surface area contributed by atoms with Gasteiger partial charge in [-0.25, -0.2) is 4.79 Å². The number of nitrogens with zero attached hydrogens (tertiary/aromatic N) is 1. The fourth-order valence-corrected chi connectivity index (χ4v) is 3.83. The molecule has 1 aromatic carbocycles. The number of β-lactam (4-membered cyclic amide) rings is 1. The van der Waals surface area contributed by atoms with E-state index in [2.05, 4.69) is 10.1 Å². The second-order valence-electron chi connectivity index (χ2n) is 5.22. The topological polar surface area (TPSA) is 75.7 Å². The molecule has 6 nitrogen and oxygen atoms in total. The highest BCUT2D eigenvalue weighted by Crippen LogP contribution is 2.37. The van der Waals surface area contributed by atoms with Crippen LogP contribution in [0.4, 0.5) is 0 Å². The first kappa shape index (κ1) is 15.6. The molecule has 2 amide bonds. The molecule has 2 aliphatic heterocycles. The van der Waals surface area contributed by atoms with Crippen molar-refractivity contribution in [1.82, 2.24) is 10.2 Å². The quantitative estimate of drug-likeness (QED) is 0.648. The van der Waals surface area contributed by atoms with Crippen molar-refractivity contribution in [2.75, 3.05) is 12.9 Å². The van der Waals surface area contributed by atoms with Crippen molar-refractivity contribution in [3.8, 4) is 0 Å². The Morgan fingerprint density at radius 3 is 2.78 bits per heavy atom. The zero-order chi connectivity index (χ0) is 16.4. The van der Waals surface area contributed by atoms with Gasteiger partial charge in [-0.05, 0) is 11.6 Å². The molecular formula is C16H16N2O4S. The van der Waals surface area contributed by atoms with E-state index in [-0.39, 0.29) is 29.3 Å². The van der Waals surface area contributed by atoms with Crippen LogP contribution < -0.4 is 5.32 Å². The van der Waals surface area contributed by atoms with Gasteiger partial charge in [0.15, 0.2) is 0 Å². The molecule has 23 heavy (non-hydrogen) atoms.